The van der Waals surface area contributed by atoms with Gasteiger partial charge in [0.05, 0.1) is 13.5 Å². The van der Waals surface area contributed by atoms with Crippen LogP contribution in [-0.4, -0.2) is 42.8 Å². The number of benzene rings is 3. The standard InChI is InChI=1S/C30H31N3O3S/c1-33(22-10-12-23(36-2)13-11-22)30(35)27-17-21-7-5-6-20(16-21)14-15-37-19-28-25(18-29(34)32-27)24-8-3-4-9-26(24)31-28/h3-13,16,27,31H,14-15,17-19H2,1-2H3,(H,32,34)/t27-/m0/s1. The molecule has 1 aromatic heterocycles. The van der Waals surface area contributed by atoms with Gasteiger partial charge in [0.15, 0.2) is 0 Å². The summed E-state index contributed by atoms with van der Waals surface area (Å²) in [5, 5.41) is 4.13. The van der Waals surface area contributed by atoms with Crippen LogP contribution in [0.2, 0.25) is 0 Å². The number of likely N-dealkylation sites (N-methyl/N-ethyl adjacent to an activating group) is 1. The lowest BCUT2D eigenvalue weighted by molar-refractivity contribution is -0.127. The molecule has 5 rings (SSSR count). The number of fused-ring (bicyclic) bond motifs is 5. The first-order valence-corrected chi connectivity index (χ1v) is 13.6. The van der Waals surface area contributed by atoms with Crippen LogP contribution in [0.3, 0.4) is 0 Å². The molecule has 1 aliphatic rings. The summed E-state index contributed by atoms with van der Waals surface area (Å²) in [5.74, 6) is 2.18. The highest BCUT2D eigenvalue weighted by Gasteiger charge is 2.26. The van der Waals surface area contributed by atoms with E-state index in [1.165, 1.54) is 5.56 Å². The maximum atomic E-state index is 13.7. The Hall–Kier alpha value is -3.71. The number of hydrogen-bond donors (Lipinski definition) is 2. The average molecular weight is 514 g/mol. The Balaban J connectivity index is 1.47. The van der Waals surface area contributed by atoms with Crippen molar-refractivity contribution in [2.45, 2.75) is 31.1 Å². The number of nitrogens with zero attached hydrogens (tertiary/aromatic N) is 1. The van der Waals surface area contributed by atoms with Gasteiger partial charge in [-0.3, -0.25) is 9.59 Å². The Morgan fingerprint density at radius 3 is 2.62 bits per heavy atom. The maximum absolute atomic E-state index is 13.7. The van der Waals surface area contributed by atoms with Crippen molar-refractivity contribution in [1.29, 1.82) is 0 Å². The van der Waals surface area contributed by atoms with E-state index in [1.54, 1.807) is 19.1 Å². The van der Waals surface area contributed by atoms with E-state index in [4.69, 9.17) is 4.74 Å². The quantitative estimate of drug-likeness (QED) is 0.409. The van der Waals surface area contributed by atoms with E-state index in [9.17, 15) is 9.59 Å². The number of para-hydroxylation sites is 1. The molecule has 0 fully saturated rings. The van der Waals surface area contributed by atoms with Gasteiger partial charge < -0.3 is 19.9 Å². The third kappa shape index (κ3) is 5.67. The van der Waals surface area contributed by atoms with Gasteiger partial charge in [0.1, 0.15) is 11.8 Å². The summed E-state index contributed by atoms with van der Waals surface area (Å²) in [5.41, 5.74) is 6.12. The number of ether oxygens (including phenoxy) is 1. The molecule has 0 unspecified atom stereocenters. The number of aromatic nitrogens is 1. The zero-order chi connectivity index (χ0) is 25.8. The monoisotopic (exact) mass is 513 g/mol. The summed E-state index contributed by atoms with van der Waals surface area (Å²) >= 11 is 1.87. The van der Waals surface area contributed by atoms with E-state index in [0.717, 1.165) is 57.1 Å². The fraction of sp³-hybridized carbons (Fsp3) is 0.267. The molecule has 0 saturated carbocycles. The number of carbonyl (C=O) groups is 2. The molecule has 6 nitrogen and oxygen atoms in total. The van der Waals surface area contributed by atoms with Crippen molar-refractivity contribution < 1.29 is 14.3 Å². The molecule has 2 amide bonds. The number of rotatable bonds is 3. The van der Waals surface area contributed by atoms with Crippen molar-refractivity contribution in [3.8, 4) is 5.75 Å². The highest BCUT2D eigenvalue weighted by Crippen LogP contribution is 2.27. The van der Waals surface area contributed by atoms with Gasteiger partial charge in [0.25, 0.3) is 0 Å². The van der Waals surface area contributed by atoms with Gasteiger partial charge in [0.2, 0.25) is 11.8 Å². The van der Waals surface area contributed by atoms with E-state index in [-0.39, 0.29) is 18.2 Å². The second kappa shape index (κ2) is 11.1. The predicted molar refractivity (Wildman–Crippen MR) is 150 cm³/mol. The van der Waals surface area contributed by atoms with Gasteiger partial charge in [-0.1, -0.05) is 42.5 Å². The Labute approximate surface area is 221 Å². The van der Waals surface area contributed by atoms with E-state index < -0.39 is 6.04 Å². The number of H-pyrrole nitrogens is 1. The number of methoxy groups -OCH3 is 1. The van der Waals surface area contributed by atoms with Crippen molar-refractivity contribution in [3.05, 3.63) is 95.2 Å². The van der Waals surface area contributed by atoms with Gasteiger partial charge in [-0.2, -0.15) is 11.8 Å². The lowest BCUT2D eigenvalue weighted by Gasteiger charge is -2.25. The van der Waals surface area contributed by atoms with Gasteiger partial charge in [-0.05, 0) is 59.2 Å². The average Bonchev–Trinajstić information content (AvgIpc) is 3.26. The SMILES string of the molecule is COc1ccc(N(C)C(=O)[C@@H]2Cc3cccc(c3)CCSCc3[nH]c4ccccc4c3CC(=O)N2)cc1. The fourth-order valence-electron chi connectivity index (χ4n) is 4.87. The van der Waals surface area contributed by atoms with Gasteiger partial charge >= 0.3 is 0 Å². The minimum Gasteiger partial charge on any atom is -0.497 e. The number of aryl methyl sites for hydroxylation is 1. The summed E-state index contributed by atoms with van der Waals surface area (Å²) < 4.78 is 5.25. The van der Waals surface area contributed by atoms with Crippen LogP contribution in [0, 0.1) is 0 Å². The molecule has 2 bridgehead atoms. The van der Waals surface area contributed by atoms with Gasteiger partial charge in [-0.25, -0.2) is 0 Å². The van der Waals surface area contributed by atoms with Crippen LogP contribution < -0.4 is 15.0 Å². The van der Waals surface area contributed by atoms with E-state index in [2.05, 4.69) is 28.5 Å². The first-order valence-electron chi connectivity index (χ1n) is 12.5. The number of nitrogens with one attached hydrogen (secondary N) is 2. The number of anilines is 1. The van der Waals surface area contributed by atoms with Gasteiger partial charge in [-0.15, -0.1) is 0 Å². The molecule has 1 aliphatic heterocycles. The Morgan fingerprint density at radius 2 is 1.81 bits per heavy atom. The Morgan fingerprint density at radius 1 is 1.03 bits per heavy atom. The molecule has 0 radical (unpaired) electrons. The fourth-order valence-corrected chi connectivity index (χ4v) is 5.84. The second-order valence-electron chi connectivity index (χ2n) is 9.35. The largest absolute Gasteiger partial charge is 0.497 e. The van der Waals surface area contributed by atoms with Crippen molar-refractivity contribution >= 4 is 40.2 Å². The minimum atomic E-state index is -0.694. The normalized spacial score (nSPS) is 16.4. The maximum Gasteiger partial charge on any atom is 0.249 e. The van der Waals surface area contributed by atoms with Crippen molar-refractivity contribution in [2.24, 2.45) is 0 Å². The molecule has 0 saturated heterocycles. The third-order valence-electron chi connectivity index (χ3n) is 6.88. The lowest BCUT2D eigenvalue weighted by atomic mass is 10.0. The zero-order valence-corrected chi connectivity index (χ0v) is 21.9. The predicted octanol–water partition coefficient (Wildman–Crippen LogP) is 4.90. The number of carbonyl (C=O) groups excluding carboxylic acids is 2. The molecule has 2 N–H and O–H groups in total. The van der Waals surface area contributed by atoms with E-state index >= 15 is 0 Å². The van der Waals surface area contributed by atoms with Crippen molar-refractivity contribution in [3.63, 3.8) is 0 Å². The molecular formula is C30H31N3O3S. The highest BCUT2D eigenvalue weighted by atomic mass is 32.2. The second-order valence-corrected chi connectivity index (χ2v) is 10.5. The molecule has 2 heterocycles. The molecule has 0 spiro atoms. The molecule has 37 heavy (non-hydrogen) atoms. The number of amides is 2. The highest BCUT2D eigenvalue weighted by molar-refractivity contribution is 7.98. The molecular weight excluding hydrogens is 482 g/mol. The Kier molecular flexibility index (Phi) is 7.51. The zero-order valence-electron chi connectivity index (χ0n) is 21.1. The summed E-state index contributed by atoms with van der Waals surface area (Å²) in [4.78, 5) is 32.3. The minimum absolute atomic E-state index is 0.161. The van der Waals surface area contributed by atoms with Crippen LogP contribution in [-0.2, 0) is 34.6 Å². The summed E-state index contributed by atoms with van der Waals surface area (Å²) in [6.07, 6.45) is 1.59. The molecule has 190 valence electrons. The van der Waals surface area contributed by atoms with Crippen LogP contribution in [0.1, 0.15) is 22.4 Å². The summed E-state index contributed by atoms with van der Waals surface area (Å²) in [7, 11) is 3.35. The number of thioether (sulfide) groups is 1. The van der Waals surface area contributed by atoms with Crippen LogP contribution in [0.15, 0.2) is 72.8 Å². The topological polar surface area (TPSA) is 74.4 Å². The number of aromatic amines is 1. The van der Waals surface area contributed by atoms with Crippen molar-refractivity contribution in [2.75, 3.05) is 24.8 Å². The van der Waals surface area contributed by atoms with E-state index in [0.29, 0.717) is 6.42 Å². The molecule has 1 atom stereocenters. The molecule has 0 aliphatic carbocycles. The Bertz CT molecular complexity index is 1410. The van der Waals surface area contributed by atoms with Crippen LogP contribution >= 0.6 is 11.8 Å². The first kappa shape index (κ1) is 25.0. The number of hydrogen-bond acceptors (Lipinski definition) is 4. The first-order chi connectivity index (χ1) is 18.0. The van der Waals surface area contributed by atoms with Crippen LogP contribution in [0.25, 0.3) is 10.9 Å². The smallest absolute Gasteiger partial charge is 0.249 e. The van der Waals surface area contributed by atoms with Gasteiger partial charge in [0, 0.05) is 41.5 Å². The molecule has 4 aromatic rings. The van der Waals surface area contributed by atoms with E-state index in [1.807, 2.05) is 66.4 Å². The lowest BCUT2D eigenvalue weighted by Crippen LogP contribution is -2.49. The third-order valence-corrected chi connectivity index (χ3v) is 7.86. The summed E-state index contributed by atoms with van der Waals surface area (Å²) in [6, 6.07) is 23.1. The van der Waals surface area contributed by atoms with Crippen LogP contribution in [0.5, 0.6) is 5.75 Å². The molecule has 3 aromatic carbocycles. The van der Waals surface area contributed by atoms with Crippen molar-refractivity contribution in [1.82, 2.24) is 10.3 Å². The van der Waals surface area contributed by atoms with Crippen LogP contribution in [0.4, 0.5) is 5.69 Å². The summed E-state index contributed by atoms with van der Waals surface area (Å²) in [6.45, 7) is 0. The molecule has 7 heteroatoms.